The van der Waals surface area contributed by atoms with Gasteiger partial charge in [0.15, 0.2) is 0 Å². The Kier molecular flexibility index (Phi) is 2.67. The topological polar surface area (TPSA) is 66.8 Å². The van der Waals surface area contributed by atoms with Gasteiger partial charge in [0.25, 0.3) is 17.7 Å². The normalized spacial score (nSPS) is 30.1. The van der Waals surface area contributed by atoms with Crippen LogP contribution >= 0.6 is 0 Å². The van der Waals surface area contributed by atoms with Crippen LogP contribution in [0.4, 0.5) is 8.78 Å². The first-order valence-electron chi connectivity index (χ1n) is 4.94. The van der Waals surface area contributed by atoms with Crippen molar-refractivity contribution in [3.63, 3.8) is 0 Å². The van der Waals surface area contributed by atoms with Gasteiger partial charge in [-0.3, -0.25) is 14.5 Å². The van der Waals surface area contributed by atoms with Crippen LogP contribution in [0.2, 0.25) is 0 Å². The number of amides is 2. The molecule has 2 amide bonds. The van der Waals surface area contributed by atoms with Crippen molar-refractivity contribution in [3.8, 4) is 0 Å². The fourth-order valence-electron chi connectivity index (χ4n) is 1.89. The van der Waals surface area contributed by atoms with Crippen LogP contribution in [0.15, 0.2) is 0 Å². The van der Waals surface area contributed by atoms with Crippen molar-refractivity contribution in [3.05, 3.63) is 0 Å². The highest BCUT2D eigenvalue weighted by Crippen LogP contribution is 2.29. The number of nitrogens with zero attached hydrogens (tertiary/aromatic N) is 1. The van der Waals surface area contributed by atoms with Crippen molar-refractivity contribution in [2.75, 3.05) is 13.2 Å². The Balaban J connectivity index is 2.14. The monoisotopic (exact) mass is 235 g/mol. The largest absolute Gasteiger partial charge is 0.390 e. The summed E-state index contributed by atoms with van der Waals surface area (Å²) in [5.41, 5.74) is 0. The summed E-state index contributed by atoms with van der Waals surface area (Å²) >= 11 is 0. The molecule has 2 atom stereocenters. The Hall–Kier alpha value is -1.08. The van der Waals surface area contributed by atoms with Crippen LogP contribution in [0.5, 0.6) is 0 Å². The van der Waals surface area contributed by atoms with Crippen LogP contribution in [0, 0.1) is 0 Å². The van der Waals surface area contributed by atoms with E-state index in [0.717, 1.165) is 0 Å². The Morgan fingerprint density at radius 2 is 1.81 bits per heavy atom. The molecule has 0 radical (unpaired) electrons. The Morgan fingerprint density at radius 1 is 1.31 bits per heavy atom. The minimum absolute atomic E-state index is 0.385. The van der Waals surface area contributed by atoms with E-state index in [9.17, 15) is 18.4 Å². The molecule has 0 saturated carbocycles. The van der Waals surface area contributed by atoms with Crippen LogP contribution in [-0.4, -0.2) is 53.1 Å². The molecule has 0 aliphatic carbocycles. The molecular weight excluding hydrogens is 224 g/mol. The van der Waals surface area contributed by atoms with E-state index >= 15 is 0 Å². The number of carbonyl (C=O) groups excluding carboxylic acids is 2. The molecule has 2 rings (SSSR count). The van der Waals surface area contributed by atoms with Gasteiger partial charge < -0.3 is 9.84 Å². The minimum atomic E-state index is -3.46. The number of halogens is 2. The van der Waals surface area contributed by atoms with Gasteiger partial charge in [0.05, 0.1) is 6.54 Å². The van der Waals surface area contributed by atoms with E-state index in [1.54, 1.807) is 0 Å². The minimum Gasteiger partial charge on any atom is -0.390 e. The molecule has 0 aromatic rings. The van der Waals surface area contributed by atoms with Gasteiger partial charge in [-0.25, -0.2) is 8.78 Å². The van der Waals surface area contributed by atoms with Crippen LogP contribution in [0.25, 0.3) is 0 Å². The standard InChI is InChI=1S/C9H11F2NO4/c10-9(11,4-13)3-12-7(14)5-1-2-6(16-5)8(12)15/h5-6,13H,1-4H2. The molecule has 2 aliphatic heterocycles. The Bertz CT molecular complexity index is 311. The van der Waals surface area contributed by atoms with Gasteiger partial charge in [-0.15, -0.1) is 0 Å². The number of aliphatic hydroxyl groups excluding tert-OH is 1. The molecular formula is C9H11F2NO4. The summed E-state index contributed by atoms with van der Waals surface area (Å²) in [5.74, 6) is -4.92. The maximum atomic E-state index is 12.9. The summed E-state index contributed by atoms with van der Waals surface area (Å²) in [6.07, 6.45) is -0.790. The van der Waals surface area contributed by atoms with E-state index in [2.05, 4.69) is 0 Å². The number of carbonyl (C=O) groups is 2. The number of ether oxygens (including phenoxy) is 1. The van der Waals surface area contributed by atoms with Crippen LogP contribution < -0.4 is 0 Å². The van der Waals surface area contributed by atoms with Gasteiger partial charge in [0.1, 0.15) is 18.8 Å². The number of hydrogen-bond donors (Lipinski definition) is 1. The van der Waals surface area contributed by atoms with Crippen molar-refractivity contribution in [2.24, 2.45) is 0 Å². The molecule has 0 aromatic heterocycles. The zero-order chi connectivity index (χ0) is 11.9. The quantitative estimate of drug-likeness (QED) is 0.671. The Labute approximate surface area is 90.0 Å². The van der Waals surface area contributed by atoms with Gasteiger partial charge in [0.2, 0.25) is 0 Å². The van der Waals surface area contributed by atoms with E-state index in [1.165, 1.54) is 0 Å². The highest BCUT2D eigenvalue weighted by Gasteiger charge is 2.49. The van der Waals surface area contributed by atoms with Crippen molar-refractivity contribution < 1.29 is 28.2 Å². The van der Waals surface area contributed by atoms with E-state index in [4.69, 9.17) is 9.84 Å². The van der Waals surface area contributed by atoms with Crippen molar-refractivity contribution in [2.45, 2.75) is 31.0 Å². The summed E-state index contributed by atoms with van der Waals surface area (Å²) in [6, 6.07) is 0. The number of hydrogen-bond acceptors (Lipinski definition) is 4. The third-order valence-corrected chi connectivity index (χ3v) is 2.72. The van der Waals surface area contributed by atoms with E-state index < -0.39 is 43.1 Å². The SMILES string of the molecule is O=C1C2CCC(O2)C(=O)N1CC(F)(F)CO. The zero-order valence-corrected chi connectivity index (χ0v) is 8.36. The third kappa shape index (κ3) is 1.80. The van der Waals surface area contributed by atoms with E-state index in [1.807, 2.05) is 0 Å². The van der Waals surface area contributed by atoms with E-state index in [0.29, 0.717) is 17.7 Å². The molecule has 5 nitrogen and oxygen atoms in total. The lowest BCUT2D eigenvalue weighted by atomic mass is 10.2. The number of aliphatic hydroxyl groups is 1. The summed E-state index contributed by atoms with van der Waals surface area (Å²) in [6.45, 7) is -2.46. The summed E-state index contributed by atoms with van der Waals surface area (Å²) in [5, 5.41) is 8.41. The molecule has 0 aromatic carbocycles. The van der Waals surface area contributed by atoms with Gasteiger partial charge >= 0.3 is 0 Å². The number of alkyl halides is 2. The number of likely N-dealkylation sites (tertiary alicyclic amines) is 1. The molecule has 2 unspecified atom stereocenters. The molecule has 1 N–H and O–H groups in total. The molecule has 0 spiro atoms. The molecule has 2 aliphatic rings. The van der Waals surface area contributed by atoms with Crippen molar-refractivity contribution >= 4 is 11.8 Å². The van der Waals surface area contributed by atoms with Gasteiger partial charge in [-0.05, 0) is 12.8 Å². The lowest BCUT2D eigenvalue weighted by Crippen LogP contribution is -2.55. The number of morpholine rings is 1. The lowest BCUT2D eigenvalue weighted by molar-refractivity contribution is -0.175. The molecule has 2 heterocycles. The van der Waals surface area contributed by atoms with E-state index in [-0.39, 0.29) is 0 Å². The third-order valence-electron chi connectivity index (χ3n) is 2.72. The Morgan fingerprint density at radius 3 is 2.25 bits per heavy atom. The predicted octanol–water partition coefficient (Wildman–Crippen LogP) is -0.470. The highest BCUT2D eigenvalue weighted by molar-refractivity contribution is 6.02. The first kappa shape index (κ1) is 11.4. The summed E-state index contributed by atoms with van der Waals surface area (Å²) in [7, 11) is 0. The predicted molar refractivity (Wildman–Crippen MR) is 46.6 cm³/mol. The van der Waals surface area contributed by atoms with Crippen molar-refractivity contribution in [1.82, 2.24) is 4.90 Å². The van der Waals surface area contributed by atoms with Crippen LogP contribution in [-0.2, 0) is 14.3 Å². The molecule has 2 saturated heterocycles. The van der Waals surface area contributed by atoms with Gasteiger partial charge in [0, 0.05) is 0 Å². The molecule has 2 bridgehead atoms. The average Bonchev–Trinajstić information content (AvgIpc) is 2.69. The van der Waals surface area contributed by atoms with Gasteiger partial charge in [-0.1, -0.05) is 0 Å². The fourth-order valence-corrected chi connectivity index (χ4v) is 1.89. The van der Waals surface area contributed by atoms with Gasteiger partial charge in [-0.2, -0.15) is 0 Å². The average molecular weight is 235 g/mol. The lowest BCUT2D eigenvalue weighted by Gasteiger charge is -2.31. The molecule has 7 heteroatoms. The zero-order valence-electron chi connectivity index (χ0n) is 8.36. The maximum absolute atomic E-state index is 12.9. The summed E-state index contributed by atoms with van der Waals surface area (Å²) < 4.78 is 30.9. The maximum Gasteiger partial charge on any atom is 0.288 e. The molecule has 16 heavy (non-hydrogen) atoms. The first-order chi connectivity index (χ1) is 7.44. The van der Waals surface area contributed by atoms with Crippen LogP contribution in [0.3, 0.4) is 0 Å². The second-order valence-electron chi connectivity index (χ2n) is 3.97. The smallest absolute Gasteiger partial charge is 0.288 e. The summed E-state index contributed by atoms with van der Waals surface area (Å²) in [4.78, 5) is 23.6. The second-order valence-corrected chi connectivity index (χ2v) is 3.97. The van der Waals surface area contributed by atoms with Crippen LogP contribution in [0.1, 0.15) is 12.8 Å². The molecule has 90 valence electrons. The fraction of sp³-hybridized carbons (Fsp3) is 0.778. The van der Waals surface area contributed by atoms with Crippen molar-refractivity contribution in [1.29, 1.82) is 0 Å². The first-order valence-corrected chi connectivity index (χ1v) is 4.94. The number of rotatable bonds is 3. The second kappa shape index (κ2) is 3.74. The molecule has 2 fully saturated rings. The number of imide groups is 1. The highest BCUT2D eigenvalue weighted by atomic mass is 19.3. The number of fused-ring (bicyclic) bond motifs is 2.